The minimum atomic E-state index is -0.885. The lowest BCUT2D eigenvalue weighted by atomic mass is 9.82. The third-order valence-corrected chi connectivity index (χ3v) is 5.94. The summed E-state index contributed by atoms with van der Waals surface area (Å²) in [5, 5.41) is 13.8. The lowest BCUT2D eigenvalue weighted by molar-refractivity contribution is -0.385. The summed E-state index contributed by atoms with van der Waals surface area (Å²) in [6, 6.07) is 9.93. The third kappa shape index (κ3) is 4.41. The van der Waals surface area contributed by atoms with E-state index in [9.17, 15) is 24.1 Å². The number of carbonyl (C=O) groups is 2. The van der Waals surface area contributed by atoms with E-state index in [-0.39, 0.29) is 17.3 Å². The van der Waals surface area contributed by atoms with E-state index in [2.05, 4.69) is 10.2 Å². The Morgan fingerprint density at radius 3 is 2.58 bits per heavy atom. The average Bonchev–Trinajstić information content (AvgIpc) is 2.75. The van der Waals surface area contributed by atoms with E-state index in [0.29, 0.717) is 62.1 Å². The second-order valence-electron chi connectivity index (χ2n) is 7.87. The molecule has 1 N–H and O–H groups in total. The van der Waals surface area contributed by atoms with Gasteiger partial charge in [-0.25, -0.2) is 9.18 Å². The zero-order valence-corrected chi connectivity index (χ0v) is 16.8. The number of nitrogens with zero attached hydrogens (tertiary/aromatic N) is 2. The molecule has 0 unspecified atom stereocenters. The highest BCUT2D eigenvalue weighted by atomic mass is 19.1. The van der Waals surface area contributed by atoms with Gasteiger partial charge in [-0.15, -0.1) is 0 Å². The van der Waals surface area contributed by atoms with Crippen molar-refractivity contribution in [3.05, 3.63) is 69.5 Å². The first-order valence-electron chi connectivity index (χ1n) is 10.2. The number of carbonyl (C=O) groups excluding carboxylic acids is 2. The number of nitrogens with one attached hydrogen (secondary N) is 1. The van der Waals surface area contributed by atoms with Crippen LogP contribution in [0.4, 0.5) is 20.6 Å². The maximum Gasteiger partial charge on any atom is 0.412 e. The van der Waals surface area contributed by atoms with Crippen LogP contribution in [0.2, 0.25) is 0 Å². The van der Waals surface area contributed by atoms with E-state index in [4.69, 9.17) is 4.74 Å². The van der Waals surface area contributed by atoms with Crippen LogP contribution in [0, 0.1) is 15.9 Å². The van der Waals surface area contributed by atoms with Gasteiger partial charge in [0.2, 0.25) is 0 Å². The molecule has 162 valence electrons. The van der Waals surface area contributed by atoms with Crippen LogP contribution in [0.5, 0.6) is 0 Å². The molecule has 0 saturated carbocycles. The van der Waals surface area contributed by atoms with Crippen molar-refractivity contribution in [1.82, 2.24) is 4.90 Å². The molecular formula is C22H22FN3O5. The van der Waals surface area contributed by atoms with Gasteiger partial charge in [-0.05, 0) is 43.3 Å². The molecule has 31 heavy (non-hydrogen) atoms. The summed E-state index contributed by atoms with van der Waals surface area (Å²) in [4.78, 5) is 37.2. The lowest BCUT2D eigenvalue weighted by Crippen LogP contribution is -2.48. The monoisotopic (exact) mass is 427 g/mol. The number of nitro groups is 1. The first-order chi connectivity index (χ1) is 14.9. The van der Waals surface area contributed by atoms with Crippen molar-refractivity contribution in [2.24, 2.45) is 0 Å². The van der Waals surface area contributed by atoms with E-state index < -0.39 is 16.6 Å². The van der Waals surface area contributed by atoms with Crippen molar-refractivity contribution in [3.8, 4) is 0 Å². The topological polar surface area (TPSA) is 102 Å². The molecule has 2 aromatic rings. The van der Waals surface area contributed by atoms with Gasteiger partial charge < -0.3 is 9.64 Å². The molecule has 8 nitrogen and oxygen atoms in total. The van der Waals surface area contributed by atoms with Gasteiger partial charge in [0, 0.05) is 55.6 Å². The first-order valence-corrected chi connectivity index (χ1v) is 10.2. The molecule has 2 heterocycles. The fourth-order valence-electron chi connectivity index (χ4n) is 4.25. The number of fused-ring (bicyclic) bond motifs is 2. The summed E-state index contributed by atoms with van der Waals surface area (Å²) in [6.07, 6.45) is 1.49. The molecule has 1 spiro atoms. The zero-order valence-electron chi connectivity index (χ0n) is 16.8. The summed E-state index contributed by atoms with van der Waals surface area (Å²) < 4.78 is 18.6. The average molecular weight is 427 g/mol. The van der Waals surface area contributed by atoms with Gasteiger partial charge in [0.1, 0.15) is 11.4 Å². The number of nitro benzene ring substituents is 1. The Bertz CT molecular complexity index is 1020. The Hall–Kier alpha value is -3.33. The fourth-order valence-corrected chi connectivity index (χ4v) is 4.25. The molecular weight excluding hydrogens is 405 g/mol. The predicted octanol–water partition coefficient (Wildman–Crippen LogP) is 4.25. The van der Waals surface area contributed by atoms with Gasteiger partial charge in [-0.2, -0.15) is 0 Å². The first kappa shape index (κ1) is 20.9. The van der Waals surface area contributed by atoms with Crippen LogP contribution in [0.1, 0.15) is 41.6 Å². The number of anilines is 1. The number of non-ortho nitro benzene ring substituents is 1. The van der Waals surface area contributed by atoms with E-state index in [1.165, 1.54) is 36.4 Å². The van der Waals surface area contributed by atoms with Crippen molar-refractivity contribution >= 4 is 23.3 Å². The minimum Gasteiger partial charge on any atom is -0.438 e. The molecule has 0 radical (unpaired) electrons. The van der Waals surface area contributed by atoms with Crippen molar-refractivity contribution in [1.29, 1.82) is 0 Å². The summed E-state index contributed by atoms with van der Waals surface area (Å²) in [5.74, 6) is -0.397. The summed E-state index contributed by atoms with van der Waals surface area (Å²) in [7, 11) is 0. The number of likely N-dealkylation sites (tertiary alicyclic amines) is 1. The molecule has 0 aliphatic carbocycles. The van der Waals surface area contributed by atoms with Crippen LogP contribution in [-0.4, -0.2) is 41.3 Å². The zero-order chi connectivity index (χ0) is 22.0. The highest BCUT2D eigenvalue weighted by Gasteiger charge is 2.45. The van der Waals surface area contributed by atoms with Crippen LogP contribution in [-0.2, 0) is 10.3 Å². The molecule has 0 bridgehead atoms. The number of hydrogen-bond donors (Lipinski definition) is 1. The molecule has 9 heteroatoms. The number of ketones is 1. The van der Waals surface area contributed by atoms with E-state index in [1.807, 2.05) is 0 Å². The van der Waals surface area contributed by atoms with Crippen molar-refractivity contribution < 1.29 is 23.6 Å². The van der Waals surface area contributed by atoms with Crippen LogP contribution in [0.25, 0.3) is 0 Å². The van der Waals surface area contributed by atoms with E-state index >= 15 is 0 Å². The number of halogens is 1. The number of amides is 1. The van der Waals surface area contributed by atoms with Crippen molar-refractivity contribution in [2.75, 3.05) is 25.0 Å². The van der Waals surface area contributed by atoms with Crippen LogP contribution < -0.4 is 5.32 Å². The number of benzene rings is 2. The molecule has 0 atom stereocenters. The number of rotatable bonds is 6. The molecule has 2 aliphatic rings. The van der Waals surface area contributed by atoms with Gasteiger partial charge in [0.05, 0.1) is 10.6 Å². The highest BCUT2D eigenvalue weighted by molar-refractivity contribution is 5.96. The number of piperidine rings is 1. The second kappa shape index (κ2) is 8.43. The van der Waals surface area contributed by atoms with Gasteiger partial charge in [-0.1, -0.05) is 0 Å². The minimum absolute atomic E-state index is 0.0259. The highest BCUT2D eigenvalue weighted by Crippen LogP contribution is 2.44. The van der Waals surface area contributed by atoms with Crippen LogP contribution in [0.15, 0.2) is 42.5 Å². The maximum atomic E-state index is 13.0. The van der Waals surface area contributed by atoms with Gasteiger partial charge >= 0.3 is 6.09 Å². The molecule has 2 aliphatic heterocycles. The predicted molar refractivity (Wildman–Crippen MR) is 111 cm³/mol. The molecule has 0 aromatic heterocycles. The Morgan fingerprint density at radius 1 is 1.19 bits per heavy atom. The molecule has 1 amide bonds. The molecule has 1 fully saturated rings. The van der Waals surface area contributed by atoms with Gasteiger partial charge in [0.15, 0.2) is 5.78 Å². The summed E-state index contributed by atoms with van der Waals surface area (Å²) in [6.45, 7) is 1.98. The quantitative estimate of drug-likeness (QED) is 0.420. The Morgan fingerprint density at radius 2 is 1.90 bits per heavy atom. The Labute approximate surface area is 178 Å². The standard InChI is InChI=1S/C22H22FN3O5/c23-16-5-3-15(4-6-16)20(27)2-1-11-25-12-9-22(10-13-25)18-14-17(26(29)30)7-8-19(18)24-21(28)31-22/h3-8,14H,1-2,9-13H2,(H,24,28). The summed E-state index contributed by atoms with van der Waals surface area (Å²) in [5.41, 5.74) is 0.746. The van der Waals surface area contributed by atoms with Crippen LogP contribution >= 0.6 is 0 Å². The SMILES string of the molecule is O=C1Nc2ccc([N+](=O)[O-])cc2C2(CCN(CCCC(=O)c3ccc(F)cc3)CC2)O1. The number of hydrogen-bond acceptors (Lipinski definition) is 6. The number of ether oxygens (including phenoxy) is 1. The smallest absolute Gasteiger partial charge is 0.412 e. The molecule has 2 aromatic carbocycles. The Balaban J connectivity index is 1.36. The van der Waals surface area contributed by atoms with Gasteiger partial charge in [-0.3, -0.25) is 20.2 Å². The molecule has 1 saturated heterocycles. The van der Waals surface area contributed by atoms with Crippen molar-refractivity contribution in [2.45, 2.75) is 31.3 Å². The summed E-state index contributed by atoms with van der Waals surface area (Å²) >= 11 is 0. The maximum absolute atomic E-state index is 13.0. The third-order valence-electron chi connectivity index (χ3n) is 5.94. The van der Waals surface area contributed by atoms with Crippen molar-refractivity contribution in [3.63, 3.8) is 0 Å². The van der Waals surface area contributed by atoms with Crippen LogP contribution in [0.3, 0.4) is 0 Å². The molecule has 4 rings (SSSR count). The Kier molecular flexibility index (Phi) is 5.69. The van der Waals surface area contributed by atoms with E-state index in [0.717, 1.165) is 0 Å². The number of Topliss-reactive ketones (excluding diaryl/α,β-unsaturated/α-hetero) is 1. The van der Waals surface area contributed by atoms with E-state index in [1.54, 1.807) is 6.07 Å². The normalized spacial score (nSPS) is 17.5. The second-order valence-corrected chi connectivity index (χ2v) is 7.87. The van der Waals surface area contributed by atoms with Gasteiger partial charge in [0.25, 0.3) is 5.69 Å². The lowest BCUT2D eigenvalue weighted by Gasteiger charge is -2.44. The fraction of sp³-hybridized carbons (Fsp3) is 0.364. The largest absolute Gasteiger partial charge is 0.438 e.